The summed E-state index contributed by atoms with van der Waals surface area (Å²) in [5.41, 5.74) is 3.19. The molecule has 0 radical (unpaired) electrons. The van der Waals surface area contributed by atoms with Gasteiger partial charge in [-0.3, -0.25) is 13.9 Å². The van der Waals surface area contributed by atoms with Crippen molar-refractivity contribution in [1.82, 2.24) is 10.2 Å². The predicted octanol–water partition coefficient (Wildman–Crippen LogP) is 3.50. The van der Waals surface area contributed by atoms with Crippen LogP contribution in [0.15, 0.2) is 78.9 Å². The fourth-order valence-electron chi connectivity index (χ4n) is 3.86. The van der Waals surface area contributed by atoms with Crippen LogP contribution >= 0.6 is 0 Å². The molecule has 0 heterocycles. The van der Waals surface area contributed by atoms with Gasteiger partial charge in [0.05, 0.1) is 11.9 Å². The Kier molecular flexibility index (Phi) is 9.30. The number of carbonyl (C=O) groups is 2. The van der Waals surface area contributed by atoms with Crippen LogP contribution in [0.4, 0.5) is 5.69 Å². The fourth-order valence-corrected chi connectivity index (χ4v) is 4.71. The molecule has 37 heavy (non-hydrogen) atoms. The zero-order chi connectivity index (χ0) is 27.0. The summed E-state index contributed by atoms with van der Waals surface area (Å²) >= 11 is 0. The molecule has 1 N–H and O–H groups in total. The Morgan fingerprint density at radius 1 is 0.946 bits per heavy atom. The lowest BCUT2D eigenvalue weighted by atomic mass is 10.1. The molecule has 0 aliphatic rings. The standard InChI is InChI=1S/C28H33N3O5S/c1-21-9-8-12-24(17-21)18-30(22(2)28(33)29-3)27(32)19-31(37(4,34)35)25-13-15-26(16-14-25)36-20-23-10-6-5-7-11-23/h5-17,22H,18-20H2,1-4H3,(H,29,33)/t22-/m1/s1. The first-order chi connectivity index (χ1) is 17.6. The average Bonchev–Trinajstić information content (AvgIpc) is 2.88. The lowest BCUT2D eigenvalue weighted by Crippen LogP contribution is -2.50. The van der Waals surface area contributed by atoms with Crippen molar-refractivity contribution >= 4 is 27.5 Å². The minimum atomic E-state index is -3.80. The molecule has 9 heteroatoms. The number of hydrogen-bond acceptors (Lipinski definition) is 5. The third-order valence-corrected chi connectivity index (χ3v) is 7.04. The average molecular weight is 524 g/mol. The van der Waals surface area contributed by atoms with Gasteiger partial charge in [-0.2, -0.15) is 0 Å². The van der Waals surface area contributed by atoms with E-state index in [0.29, 0.717) is 18.0 Å². The minimum Gasteiger partial charge on any atom is -0.489 e. The van der Waals surface area contributed by atoms with E-state index in [-0.39, 0.29) is 12.5 Å². The van der Waals surface area contributed by atoms with Gasteiger partial charge < -0.3 is 15.0 Å². The smallest absolute Gasteiger partial charge is 0.244 e. The van der Waals surface area contributed by atoms with Gasteiger partial charge in [0.1, 0.15) is 24.9 Å². The van der Waals surface area contributed by atoms with Crippen LogP contribution in [0.25, 0.3) is 0 Å². The number of rotatable bonds is 11. The molecule has 196 valence electrons. The van der Waals surface area contributed by atoms with E-state index >= 15 is 0 Å². The summed E-state index contributed by atoms with van der Waals surface area (Å²) in [4.78, 5) is 27.3. The maximum Gasteiger partial charge on any atom is 0.244 e. The van der Waals surface area contributed by atoms with Crippen molar-refractivity contribution in [3.8, 4) is 5.75 Å². The summed E-state index contributed by atoms with van der Waals surface area (Å²) in [7, 11) is -2.30. The van der Waals surface area contributed by atoms with E-state index in [0.717, 1.165) is 27.3 Å². The molecule has 1 atom stereocenters. The molecule has 0 aliphatic heterocycles. The summed E-state index contributed by atoms with van der Waals surface area (Å²) in [6.45, 7) is 3.65. The lowest BCUT2D eigenvalue weighted by Gasteiger charge is -2.31. The topological polar surface area (TPSA) is 96.0 Å². The Morgan fingerprint density at radius 2 is 1.59 bits per heavy atom. The molecule has 0 aromatic heterocycles. The largest absolute Gasteiger partial charge is 0.489 e. The monoisotopic (exact) mass is 523 g/mol. The Morgan fingerprint density at radius 3 is 2.19 bits per heavy atom. The number of aryl methyl sites for hydroxylation is 1. The highest BCUT2D eigenvalue weighted by Gasteiger charge is 2.29. The second-order valence-corrected chi connectivity index (χ2v) is 10.7. The molecule has 0 saturated carbocycles. The zero-order valence-corrected chi connectivity index (χ0v) is 22.4. The Balaban J connectivity index is 1.80. The second kappa shape index (κ2) is 12.4. The first-order valence-corrected chi connectivity index (χ1v) is 13.7. The minimum absolute atomic E-state index is 0.166. The van der Waals surface area contributed by atoms with Gasteiger partial charge in [-0.1, -0.05) is 60.2 Å². The molecular weight excluding hydrogens is 490 g/mol. The number of nitrogens with one attached hydrogen (secondary N) is 1. The quantitative estimate of drug-likeness (QED) is 0.415. The van der Waals surface area contributed by atoms with Crippen LogP contribution in [0.5, 0.6) is 5.75 Å². The van der Waals surface area contributed by atoms with Crippen molar-refractivity contribution in [3.63, 3.8) is 0 Å². The Bertz CT molecular complexity index is 1310. The van der Waals surface area contributed by atoms with Gasteiger partial charge in [-0.25, -0.2) is 8.42 Å². The summed E-state index contributed by atoms with van der Waals surface area (Å²) in [6.07, 6.45) is 1.05. The molecule has 0 spiro atoms. The number of sulfonamides is 1. The van der Waals surface area contributed by atoms with Crippen LogP contribution in [-0.2, 0) is 32.8 Å². The third kappa shape index (κ3) is 7.82. The van der Waals surface area contributed by atoms with E-state index in [4.69, 9.17) is 4.74 Å². The number of anilines is 1. The number of nitrogens with zero attached hydrogens (tertiary/aromatic N) is 2. The van der Waals surface area contributed by atoms with Crippen LogP contribution in [0.1, 0.15) is 23.6 Å². The maximum absolute atomic E-state index is 13.5. The predicted molar refractivity (Wildman–Crippen MR) is 145 cm³/mol. The van der Waals surface area contributed by atoms with Crippen molar-refractivity contribution < 1.29 is 22.7 Å². The van der Waals surface area contributed by atoms with E-state index in [9.17, 15) is 18.0 Å². The number of ether oxygens (including phenoxy) is 1. The van der Waals surface area contributed by atoms with Crippen LogP contribution in [0.3, 0.4) is 0 Å². The molecule has 8 nitrogen and oxygen atoms in total. The second-order valence-electron chi connectivity index (χ2n) is 8.84. The van der Waals surface area contributed by atoms with E-state index < -0.39 is 28.5 Å². The van der Waals surface area contributed by atoms with Crippen LogP contribution < -0.4 is 14.4 Å². The molecule has 3 rings (SSSR count). The number of hydrogen-bond donors (Lipinski definition) is 1. The van der Waals surface area contributed by atoms with E-state index in [1.165, 1.54) is 11.9 Å². The van der Waals surface area contributed by atoms with E-state index in [2.05, 4.69) is 5.32 Å². The SMILES string of the molecule is CNC(=O)[C@@H](C)N(Cc1cccc(C)c1)C(=O)CN(c1ccc(OCc2ccccc2)cc1)S(C)(=O)=O. The molecule has 3 aromatic rings. The number of likely N-dealkylation sites (N-methyl/N-ethyl adjacent to an activating group) is 1. The van der Waals surface area contributed by atoms with Crippen molar-refractivity contribution in [2.24, 2.45) is 0 Å². The summed E-state index contributed by atoms with van der Waals surface area (Å²) in [5, 5.41) is 2.56. The van der Waals surface area contributed by atoms with Gasteiger partial charge in [0.2, 0.25) is 21.8 Å². The molecule has 0 saturated heterocycles. The van der Waals surface area contributed by atoms with Crippen molar-refractivity contribution in [1.29, 1.82) is 0 Å². The Hall–Kier alpha value is -3.85. The summed E-state index contributed by atoms with van der Waals surface area (Å²) in [5.74, 6) is -0.263. The van der Waals surface area contributed by atoms with Gasteiger partial charge in [0, 0.05) is 13.6 Å². The first-order valence-electron chi connectivity index (χ1n) is 11.9. The zero-order valence-electron chi connectivity index (χ0n) is 21.5. The molecule has 2 amide bonds. The van der Waals surface area contributed by atoms with Gasteiger partial charge in [0.15, 0.2) is 0 Å². The molecule has 0 bridgehead atoms. The number of amides is 2. The highest BCUT2D eigenvalue weighted by atomic mass is 32.2. The normalized spacial score (nSPS) is 11.9. The lowest BCUT2D eigenvalue weighted by molar-refractivity contribution is -0.139. The van der Waals surface area contributed by atoms with Crippen LogP contribution in [-0.4, -0.2) is 51.0 Å². The van der Waals surface area contributed by atoms with Gasteiger partial charge in [-0.05, 0) is 49.2 Å². The molecule has 0 fully saturated rings. The van der Waals surface area contributed by atoms with Crippen LogP contribution in [0, 0.1) is 6.92 Å². The van der Waals surface area contributed by atoms with E-state index in [1.807, 2.05) is 61.5 Å². The van der Waals surface area contributed by atoms with E-state index in [1.54, 1.807) is 31.2 Å². The first kappa shape index (κ1) is 27.7. The fraction of sp³-hybridized carbons (Fsp3) is 0.286. The number of benzene rings is 3. The van der Waals surface area contributed by atoms with Gasteiger partial charge >= 0.3 is 0 Å². The van der Waals surface area contributed by atoms with Crippen LogP contribution in [0.2, 0.25) is 0 Å². The molecule has 0 aliphatic carbocycles. The number of carbonyl (C=O) groups excluding carboxylic acids is 2. The maximum atomic E-state index is 13.5. The highest BCUT2D eigenvalue weighted by Crippen LogP contribution is 2.23. The van der Waals surface area contributed by atoms with Crippen molar-refractivity contribution in [3.05, 3.63) is 95.6 Å². The molecule has 3 aromatic carbocycles. The molecular formula is C28H33N3O5S. The van der Waals surface area contributed by atoms with Crippen molar-refractivity contribution in [2.45, 2.75) is 33.0 Å². The summed E-state index contributed by atoms with van der Waals surface area (Å²) in [6, 6.07) is 23.0. The Labute approximate surface area is 218 Å². The van der Waals surface area contributed by atoms with Gasteiger partial charge in [0.25, 0.3) is 0 Å². The van der Waals surface area contributed by atoms with Gasteiger partial charge in [-0.15, -0.1) is 0 Å². The summed E-state index contributed by atoms with van der Waals surface area (Å²) < 4.78 is 32.2. The van der Waals surface area contributed by atoms with Crippen molar-refractivity contribution in [2.75, 3.05) is 24.2 Å². The third-order valence-electron chi connectivity index (χ3n) is 5.90. The highest BCUT2D eigenvalue weighted by molar-refractivity contribution is 7.92. The molecule has 0 unspecified atom stereocenters.